The van der Waals surface area contributed by atoms with Gasteiger partial charge < -0.3 is 10.2 Å². The summed E-state index contributed by atoms with van der Waals surface area (Å²) < 4.78 is 26.7. The van der Waals surface area contributed by atoms with E-state index in [4.69, 9.17) is 0 Å². The lowest BCUT2D eigenvalue weighted by Gasteiger charge is -2.33. The van der Waals surface area contributed by atoms with Gasteiger partial charge >= 0.3 is 0 Å². The van der Waals surface area contributed by atoms with Crippen LogP contribution in [0.4, 0.5) is 5.69 Å². The first-order valence-electron chi connectivity index (χ1n) is 12.2. The highest BCUT2D eigenvalue weighted by Crippen LogP contribution is 2.24. The molecule has 8 heteroatoms. The first-order valence-corrected chi connectivity index (χ1v) is 14.1. The average molecular weight is 502 g/mol. The summed E-state index contributed by atoms with van der Waals surface area (Å²) in [6.07, 6.45) is 2.72. The monoisotopic (exact) mass is 501 g/mol. The third-order valence-corrected chi connectivity index (χ3v) is 7.00. The fraction of sp³-hybridized carbons (Fsp3) is 0.481. The van der Waals surface area contributed by atoms with Gasteiger partial charge in [-0.2, -0.15) is 0 Å². The van der Waals surface area contributed by atoms with Gasteiger partial charge in [0.1, 0.15) is 12.6 Å². The molecule has 1 N–H and O–H groups in total. The quantitative estimate of drug-likeness (QED) is 0.454. The number of hydrogen-bond donors (Lipinski definition) is 1. The Balaban J connectivity index is 2.38. The third-order valence-electron chi connectivity index (χ3n) is 5.88. The van der Waals surface area contributed by atoms with Gasteiger partial charge in [0.15, 0.2) is 0 Å². The van der Waals surface area contributed by atoms with Crippen molar-refractivity contribution in [2.24, 2.45) is 5.92 Å². The molecule has 0 heterocycles. The van der Waals surface area contributed by atoms with Crippen LogP contribution in [-0.2, 0) is 32.5 Å². The van der Waals surface area contributed by atoms with Crippen LogP contribution in [-0.4, -0.2) is 57.1 Å². The number of benzene rings is 2. The van der Waals surface area contributed by atoms with Gasteiger partial charge in [0.05, 0.1) is 11.9 Å². The second-order valence-electron chi connectivity index (χ2n) is 9.14. The van der Waals surface area contributed by atoms with E-state index in [0.29, 0.717) is 38.0 Å². The zero-order valence-electron chi connectivity index (χ0n) is 21.5. The van der Waals surface area contributed by atoms with E-state index in [2.05, 4.69) is 5.32 Å². The molecule has 0 aromatic heterocycles. The van der Waals surface area contributed by atoms with Gasteiger partial charge in [0.2, 0.25) is 21.8 Å². The van der Waals surface area contributed by atoms with E-state index in [-0.39, 0.29) is 18.4 Å². The van der Waals surface area contributed by atoms with Gasteiger partial charge in [-0.15, -0.1) is 0 Å². The molecule has 0 spiro atoms. The summed E-state index contributed by atoms with van der Waals surface area (Å²) in [5, 5.41) is 2.94. The molecular formula is C27H39N3O4S. The van der Waals surface area contributed by atoms with Gasteiger partial charge in [0, 0.05) is 13.1 Å². The molecule has 0 bridgehead atoms. The van der Waals surface area contributed by atoms with Crippen molar-refractivity contribution in [2.45, 2.75) is 53.0 Å². The summed E-state index contributed by atoms with van der Waals surface area (Å²) in [5.41, 5.74) is 2.37. The summed E-state index contributed by atoms with van der Waals surface area (Å²) in [6, 6.07) is 16.2. The largest absolute Gasteiger partial charge is 0.354 e. The number of aryl methyl sites for hydroxylation is 1. The maximum Gasteiger partial charge on any atom is 0.244 e. The number of para-hydroxylation sites is 1. The molecule has 0 fully saturated rings. The maximum absolute atomic E-state index is 13.7. The van der Waals surface area contributed by atoms with Gasteiger partial charge in [-0.05, 0) is 42.4 Å². The van der Waals surface area contributed by atoms with E-state index < -0.39 is 22.0 Å². The predicted octanol–water partition coefficient (Wildman–Crippen LogP) is 3.64. The first kappa shape index (κ1) is 28.4. The molecule has 0 saturated heterocycles. The van der Waals surface area contributed by atoms with Crippen LogP contribution in [0.3, 0.4) is 0 Å². The summed E-state index contributed by atoms with van der Waals surface area (Å²) in [4.78, 5) is 28.3. The Morgan fingerprint density at radius 3 is 2.17 bits per heavy atom. The van der Waals surface area contributed by atoms with Crippen LogP contribution in [0, 0.1) is 5.92 Å². The Morgan fingerprint density at radius 2 is 1.60 bits per heavy atom. The molecule has 0 saturated carbocycles. The lowest BCUT2D eigenvalue weighted by atomic mass is 10.1. The summed E-state index contributed by atoms with van der Waals surface area (Å²) in [6.45, 7) is 8.28. The molecule has 0 aliphatic carbocycles. The van der Waals surface area contributed by atoms with Crippen LogP contribution in [0.2, 0.25) is 0 Å². The number of amides is 2. The van der Waals surface area contributed by atoms with E-state index in [1.54, 1.807) is 12.1 Å². The van der Waals surface area contributed by atoms with E-state index in [1.807, 2.05) is 70.2 Å². The van der Waals surface area contributed by atoms with Crippen LogP contribution < -0.4 is 9.62 Å². The van der Waals surface area contributed by atoms with Crippen molar-refractivity contribution in [1.82, 2.24) is 10.2 Å². The highest BCUT2D eigenvalue weighted by atomic mass is 32.2. The average Bonchev–Trinajstić information content (AvgIpc) is 2.83. The van der Waals surface area contributed by atoms with Crippen molar-refractivity contribution in [3.63, 3.8) is 0 Å². The number of carbonyl (C=O) groups is 2. The van der Waals surface area contributed by atoms with E-state index in [0.717, 1.165) is 21.7 Å². The minimum Gasteiger partial charge on any atom is -0.354 e. The highest BCUT2D eigenvalue weighted by Gasteiger charge is 2.31. The summed E-state index contributed by atoms with van der Waals surface area (Å²) in [7, 11) is -3.74. The molecule has 35 heavy (non-hydrogen) atoms. The molecular weight excluding hydrogens is 462 g/mol. The molecule has 0 unspecified atom stereocenters. The number of sulfonamides is 1. The summed E-state index contributed by atoms with van der Waals surface area (Å²) in [5.74, 6) is -0.345. The van der Waals surface area contributed by atoms with Crippen molar-refractivity contribution in [2.75, 3.05) is 30.2 Å². The molecule has 0 aliphatic heterocycles. The van der Waals surface area contributed by atoms with Crippen LogP contribution in [0.15, 0.2) is 54.6 Å². The van der Waals surface area contributed by atoms with Crippen molar-refractivity contribution >= 4 is 27.5 Å². The number of anilines is 1. The lowest BCUT2D eigenvalue weighted by molar-refractivity contribution is -0.139. The van der Waals surface area contributed by atoms with Gasteiger partial charge in [-0.3, -0.25) is 13.9 Å². The predicted molar refractivity (Wildman–Crippen MR) is 142 cm³/mol. The molecule has 0 radical (unpaired) electrons. The van der Waals surface area contributed by atoms with Crippen molar-refractivity contribution in [1.29, 1.82) is 0 Å². The van der Waals surface area contributed by atoms with Crippen LogP contribution in [0.5, 0.6) is 0 Å². The molecule has 192 valence electrons. The molecule has 2 amide bonds. The SMILES string of the molecule is CCc1ccccc1N(CC(=O)N(CCc1ccccc1)[C@H](CC)C(=O)NCC(C)C)S(C)(=O)=O. The number of carbonyl (C=O) groups excluding carboxylic acids is 2. The zero-order valence-corrected chi connectivity index (χ0v) is 22.3. The van der Waals surface area contributed by atoms with Crippen LogP contribution in [0.25, 0.3) is 0 Å². The van der Waals surface area contributed by atoms with Crippen LogP contribution in [0.1, 0.15) is 45.2 Å². The maximum atomic E-state index is 13.7. The standard InChI is InChI=1S/C27H39N3O4S/c1-6-23-15-11-12-16-25(23)30(35(5,33)34)20-26(31)29(18-17-22-13-9-8-10-14-22)24(7-2)27(32)28-19-21(3)4/h8-16,21,24H,6-7,17-20H2,1-5H3,(H,28,32)/t24-/m1/s1. The second kappa shape index (κ2) is 13.3. The summed E-state index contributed by atoms with van der Waals surface area (Å²) >= 11 is 0. The molecule has 7 nitrogen and oxygen atoms in total. The fourth-order valence-corrected chi connectivity index (χ4v) is 4.85. The fourth-order valence-electron chi connectivity index (χ4n) is 3.97. The first-order chi connectivity index (χ1) is 16.6. The molecule has 2 aromatic carbocycles. The highest BCUT2D eigenvalue weighted by molar-refractivity contribution is 7.92. The van der Waals surface area contributed by atoms with Crippen molar-refractivity contribution in [3.8, 4) is 0 Å². The van der Waals surface area contributed by atoms with Crippen molar-refractivity contribution < 1.29 is 18.0 Å². The molecule has 1 atom stereocenters. The molecule has 2 rings (SSSR count). The Kier molecular flexibility index (Phi) is 10.8. The van der Waals surface area contributed by atoms with Crippen molar-refractivity contribution in [3.05, 3.63) is 65.7 Å². The lowest BCUT2D eigenvalue weighted by Crippen LogP contribution is -2.53. The Labute approximate surface area is 210 Å². The third kappa shape index (κ3) is 8.38. The number of rotatable bonds is 13. The number of nitrogens with zero attached hydrogens (tertiary/aromatic N) is 2. The zero-order chi connectivity index (χ0) is 26.0. The van der Waals surface area contributed by atoms with Crippen LogP contribution >= 0.6 is 0 Å². The topological polar surface area (TPSA) is 86.8 Å². The minimum atomic E-state index is -3.74. The Bertz CT molecular complexity index is 1070. The molecule has 2 aromatic rings. The number of hydrogen-bond acceptors (Lipinski definition) is 4. The second-order valence-corrected chi connectivity index (χ2v) is 11.0. The smallest absolute Gasteiger partial charge is 0.244 e. The minimum absolute atomic E-state index is 0.220. The number of nitrogens with one attached hydrogen (secondary N) is 1. The van der Waals surface area contributed by atoms with Gasteiger partial charge in [-0.25, -0.2) is 8.42 Å². The normalized spacial score (nSPS) is 12.3. The van der Waals surface area contributed by atoms with E-state index in [1.165, 1.54) is 4.90 Å². The Morgan fingerprint density at radius 1 is 0.971 bits per heavy atom. The molecule has 0 aliphatic rings. The van der Waals surface area contributed by atoms with E-state index >= 15 is 0 Å². The Hall–Kier alpha value is -2.87. The van der Waals surface area contributed by atoms with Gasteiger partial charge in [0.25, 0.3) is 0 Å². The van der Waals surface area contributed by atoms with E-state index in [9.17, 15) is 18.0 Å². The van der Waals surface area contributed by atoms with Gasteiger partial charge in [-0.1, -0.05) is 76.2 Å².